The van der Waals surface area contributed by atoms with Crippen LogP contribution in [0.15, 0.2) is 15.7 Å². The lowest BCUT2D eigenvalue weighted by Gasteiger charge is -2.15. The average molecular weight is 303 g/mol. The number of rotatable bonds is 4. The van der Waals surface area contributed by atoms with Crippen molar-refractivity contribution >= 4 is 27.3 Å². The second-order valence-corrected chi connectivity index (χ2v) is 7.62. The molecule has 1 aromatic rings. The van der Waals surface area contributed by atoms with Crippen molar-refractivity contribution < 1.29 is 18.3 Å². The van der Waals surface area contributed by atoms with Gasteiger partial charge >= 0.3 is 5.97 Å². The van der Waals surface area contributed by atoms with E-state index in [4.69, 9.17) is 5.11 Å². The Kier molecular flexibility index (Phi) is 4.59. The van der Waals surface area contributed by atoms with Gasteiger partial charge in [-0.2, -0.15) is 0 Å². The van der Waals surface area contributed by atoms with E-state index in [2.05, 4.69) is 4.72 Å². The van der Waals surface area contributed by atoms with E-state index in [1.54, 1.807) is 0 Å². The van der Waals surface area contributed by atoms with Crippen molar-refractivity contribution in [2.45, 2.75) is 48.8 Å². The van der Waals surface area contributed by atoms with E-state index < -0.39 is 16.0 Å². The molecule has 7 heteroatoms. The quantitative estimate of drug-likeness (QED) is 0.837. The molecule has 1 saturated carbocycles. The van der Waals surface area contributed by atoms with Gasteiger partial charge in [0, 0.05) is 11.4 Å². The molecule has 2 rings (SSSR count). The summed E-state index contributed by atoms with van der Waals surface area (Å²) in [6.07, 6.45) is 6.10. The average Bonchev–Trinajstić information content (AvgIpc) is 2.72. The van der Waals surface area contributed by atoms with Gasteiger partial charge in [-0.05, 0) is 18.9 Å². The van der Waals surface area contributed by atoms with E-state index in [9.17, 15) is 13.2 Å². The van der Waals surface area contributed by atoms with Crippen LogP contribution in [0.1, 0.15) is 48.9 Å². The Morgan fingerprint density at radius 2 is 1.89 bits per heavy atom. The Morgan fingerprint density at radius 1 is 1.26 bits per heavy atom. The Bertz CT molecular complexity index is 542. The molecule has 0 aliphatic heterocycles. The lowest BCUT2D eigenvalue weighted by molar-refractivity contribution is 0.0697. The van der Waals surface area contributed by atoms with Gasteiger partial charge in [-0.3, -0.25) is 0 Å². The highest BCUT2D eigenvalue weighted by Crippen LogP contribution is 2.23. The predicted molar refractivity (Wildman–Crippen MR) is 73.1 cm³/mol. The third-order valence-electron chi connectivity index (χ3n) is 3.26. The molecule has 1 aromatic heterocycles. The number of hydrogen-bond donors (Lipinski definition) is 2. The van der Waals surface area contributed by atoms with Gasteiger partial charge in [0.05, 0.1) is 5.56 Å². The molecule has 1 aliphatic rings. The summed E-state index contributed by atoms with van der Waals surface area (Å²) < 4.78 is 27.1. The fourth-order valence-electron chi connectivity index (χ4n) is 2.24. The van der Waals surface area contributed by atoms with E-state index in [0.29, 0.717) is 0 Å². The van der Waals surface area contributed by atoms with Crippen LogP contribution in [-0.4, -0.2) is 25.5 Å². The number of sulfonamides is 1. The topological polar surface area (TPSA) is 83.5 Å². The molecule has 19 heavy (non-hydrogen) atoms. The molecule has 0 amide bonds. The number of carboxylic acid groups (broad SMARTS) is 1. The van der Waals surface area contributed by atoms with Gasteiger partial charge in [0.15, 0.2) is 0 Å². The fraction of sp³-hybridized carbons (Fsp3) is 0.583. The summed E-state index contributed by atoms with van der Waals surface area (Å²) >= 11 is 0.947. The maximum Gasteiger partial charge on any atom is 0.336 e. The zero-order valence-electron chi connectivity index (χ0n) is 10.5. The van der Waals surface area contributed by atoms with Gasteiger partial charge in [0.25, 0.3) is 0 Å². The molecule has 0 unspecified atom stereocenters. The van der Waals surface area contributed by atoms with E-state index in [-0.39, 0.29) is 15.8 Å². The van der Waals surface area contributed by atoms with Crippen molar-refractivity contribution in [1.29, 1.82) is 0 Å². The fourth-order valence-corrected chi connectivity index (χ4v) is 4.72. The van der Waals surface area contributed by atoms with Gasteiger partial charge in [-0.25, -0.2) is 17.9 Å². The highest BCUT2D eigenvalue weighted by Gasteiger charge is 2.23. The maximum atomic E-state index is 12.2. The Balaban J connectivity index is 2.10. The summed E-state index contributed by atoms with van der Waals surface area (Å²) in [5.74, 6) is -1.10. The van der Waals surface area contributed by atoms with Gasteiger partial charge < -0.3 is 5.11 Å². The van der Waals surface area contributed by atoms with E-state index in [1.165, 1.54) is 11.4 Å². The number of aromatic carboxylic acids is 1. The molecule has 0 saturated heterocycles. The molecule has 106 valence electrons. The maximum absolute atomic E-state index is 12.2. The Labute approximate surface area is 116 Å². The molecule has 5 nitrogen and oxygen atoms in total. The molecule has 0 bridgehead atoms. The monoisotopic (exact) mass is 303 g/mol. The summed E-state index contributed by atoms with van der Waals surface area (Å²) in [5.41, 5.74) is 0.0197. The van der Waals surface area contributed by atoms with Crippen LogP contribution in [0.25, 0.3) is 0 Å². The summed E-state index contributed by atoms with van der Waals surface area (Å²) in [6.45, 7) is 0. The normalized spacial score (nSPS) is 18.1. The van der Waals surface area contributed by atoms with Crippen molar-refractivity contribution in [3.8, 4) is 0 Å². The molecule has 2 N–H and O–H groups in total. The van der Waals surface area contributed by atoms with Crippen molar-refractivity contribution in [2.24, 2.45) is 0 Å². The molecule has 1 fully saturated rings. The zero-order chi connectivity index (χ0) is 13.9. The van der Waals surface area contributed by atoms with Crippen LogP contribution in [-0.2, 0) is 10.0 Å². The van der Waals surface area contributed by atoms with E-state index >= 15 is 0 Å². The Hall–Kier alpha value is -0.920. The first-order valence-electron chi connectivity index (χ1n) is 6.33. The molecule has 0 atom stereocenters. The van der Waals surface area contributed by atoms with Crippen LogP contribution in [0.3, 0.4) is 0 Å². The van der Waals surface area contributed by atoms with Gasteiger partial charge in [0.1, 0.15) is 4.21 Å². The second-order valence-electron chi connectivity index (χ2n) is 4.77. The Morgan fingerprint density at radius 3 is 2.42 bits per heavy atom. The molecule has 1 heterocycles. The molecular weight excluding hydrogens is 286 g/mol. The van der Waals surface area contributed by atoms with Gasteiger partial charge in [-0.15, -0.1) is 11.3 Å². The number of thiophene rings is 1. The summed E-state index contributed by atoms with van der Waals surface area (Å²) in [7, 11) is -3.58. The van der Waals surface area contributed by atoms with Crippen molar-refractivity contribution in [3.63, 3.8) is 0 Å². The SMILES string of the molecule is O=C(O)c1csc(S(=O)(=O)NC2CCCCCC2)c1. The van der Waals surface area contributed by atoms with Crippen LogP contribution in [0, 0.1) is 0 Å². The van der Waals surface area contributed by atoms with E-state index in [1.807, 2.05) is 0 Å². The molecule has 1 aliphatic carbocycles. The first-order valence-corrected chi connectivity index (χ1v) is 8.69. The van der Waals surface area contributed by atoms with Gasteiger partial charge in [-0.1, -0.05) is 25.7 Å². The van der Waals surface area contributed by atoms with Crippen LogP contribution in [0.4, 0.5) is 0 Å². The molecular formula is C12H17NO4S2. The van der Waals surface area contributed by atoms with Crippen molar-refractivity contribution in [3.05, 3.63) is 17.0 Å². The minimum absolute atomic E-state index is 0.0197. The highest BCUT2D eigenvalue weighted by atomic mass is 32.2. The third-order valence-corrected chi connectivity index (χ3v) is 6.22. The largest absolute Gasteiger partial charge is 0.478 e. The van der Waals surface area contributed by atoms with E-state index in [0.717, 1.165) is 49.9 Å². The predicted octanol–water partition coefficient (Wildman–Crippen LogP) is 2.45. The molecule has 0 aromatic carbocycles. The summed E-state index contributed by atoms with van der Waals surface area (Å²) in [5, 5.41) is 10.2. The van der Waals surface area contributed by atoms with Gasteiger partial charge in [0.2, 0.25) is 10.0 Å². The summed E-state index contributed by atoms with van der Waals surface area (Å²) in [4.78, 5) is 10.8. The first kappa shape index (κ1) is 14.5. The van der Waals surface area contributed by atoms with Crippen LogP contribution in [0.5, 0.6) is 0 Å². The zero-order valence-corrected chi connectivity index (χ0v) is 12.1. The van der Waals surface area contributed by atoms with Crippen LogP contribution in [0.2, 0.25) is 0 Å². The lowest BCUT2D eigenvalue weighted by Crippen LogP contribution is -2.33. The van der Waals surface area contributed by atoms with Crippen LogP contribution < -0.4 is 4.72 Å². The van der Waals surface area contributed by atoms with Crippen molar-refractivity contribution in [1.82, 2.24) is 4.72 Å². The summed E-state index contributed by atoms with van der Waals surface area (Å²) in [6, 6.07) is 1.19. The minimum atomic E-state index is -3.58. The number of carbonyl (C=O) groups is 1. The number of hydrogen-bond acceptors (Lipinski definition) is 4. The number of nitrogens with one attached hydrogen (secondary N) is 1. The number of carboxylic acids is 1. The minimum Gasteiger partial charge on any atom is -0.478 e. The van der Waals surface area contributed by atoms with Crippen molar-refractivity contribution in [2.75, 3.05) is 0 Å². The highest BCUT2D eigenvalue weighted by molar-refractivity contribution is 7.91. The standard InChI is InChI=1S/C12H17NO4S2/c14-12(15)9-7-11(18-8-9)19(16,17)13-10-5-3-1-2-4-6-10/h7-8,10,13H,1-6H2,(H,14,15). The second kappa shape index (κ2) is 6.02. The first-order chi connectivity index (χ1) is 8.99. The van der Waals surface area contributed by atoms with Crippen LogP contribution >= 0.6 is 11.3 Å². The molecule has 0 radical (unpaired) electrons. The molecule has 0 spiro atoms. The smallest absolute Gasteiger partial charge is 0.336 e. The lowest BCUT2D eigenvalue weighted by atomic mass is 10.1. The third kappa shape index (κ3) is 3.77.